The number of rotatable bonds is 9. The van der Waals surface area contributed by atoms with E-state index in [1.54, 1.807) is 26.4 Å². The van der Waals surface area contributed by atoms with Crippen LogP contribution in [0.4, 0.5) is 11.4 Å². The average Bonchev–Trinajstić information content (AvgIpc) is 2.41. The monoisotopic (exact) mass is 317 g/mol. The van der Waals surface area contributed by atoms with Gasteiger partial charge in [-0.3, -0.25) is 0 Å². The third kappa shape index (κ3) is 5.50. The molecule has 0 amide bonds. The van der Waals surface area contributed by atoms with Crippen LogP contribution in [0.15, 0.2) is 23.1 Å². The zero-order valence-corrected chi connectivity index (χ0v) is 13.2. The van der Waals surface area contributed by atoms with Crippen molar-refractivity contribution in [2.45, 2.75) is 11.3 Å². The lowest BCUT2D eigenvalue weighted by molar-refractivity contribution is 0.191. The molecule has 0 saturated heterocycles. The third-order valence-corrected chi connectivity index (χ3v) is 3.99. The fourth-order valence-electron chi connectivity index (χ4n) is 1.96. The summed E-state index contributed by atoms with van der Waals surface area (Å²) in [7, 11) is -0.520. The average molecular weight is 317 g/mol. The van der Waals surface area contributed by atoms with E-state index in [4.69, 9.17) is 20.3 Å². The number of ether oxygens (including phenoxy) is 2. The standard InChI is InChI=1S/C13H23N3O4S/c1-19-8-3-6-16(7-9-20-2)11-4-5-13(12(14)10-11)21(15,17)18/h4-5,10H,3,6-9,14H2,1-2H3,(H2,15,17,18). The largest absolute Gasteiger partial charge is 0.398 e. The van der Waals surface area contributed by atoms with Gasteiger partial charge in [-0.15, -0.1) is 0 Å². The van der Waals surface area contributed by atoms with Gasteiger partial charge in [0.25, 0.3) is 0 Å². The Morgan fingerprint density at radius 1 is 1.14 bits per heavy atom. The Kier molecular flexibility index (Phi) is 6.90. The number of primary sulfonamides is 1. The van der Waals surface area contributed by atoms with Gasteiger partial charge in [0, 0.05) is 39.6 Å². The van der Waals surface area contributed by atoms with Crippen LogP contribution in [-0.2, 0) is 19.5 Å². The summed E-state index contributed by atoms with van der Waals surface area (Å²) in [6, 6.07) is 4.73. The predicted molar refractivity (Wildman–Crippen MR) is 82.8 cm³/mol. The molecule has 0 aliphatic rings. The van der Waals surface area contributed by atoms with Crippen molar-refractivity contribution < 1.29 is 17.9 Å². The van der Waals surface area contributed by atoms with Crippen LogP contribution in [0.25, 0.3) is 0 Å². The number of anilines is 2. The van der Waals surface area contributed by atoms with Gasteiger partial charge in [-0.2, -0.15) is 0 Å². The third-order valence-electron chi connectivity index (χ3n) is 3.01. The summed E-state index contributed by atoms with van der Waals surface area (Å²) >= 11 is 0. The first-order chi connectivity index (χ1) is 9.90. The molecule has 1 rings (SSSR count). The van der Waals surface area contributed by atoms with Gasteiger partial charge >= 0.3 is 0 Å². The number of nitrogens with zero attached hydrogens (tertiary/aromatic N) is 1. The predicted octanol–water partition coefficient (Wildman–Crippen LogP) is 0.406. The molecule has 7 nitrogen and oxygen atoms in total. The molecule has 0 aromatic heterocycles. The van der Waals surface area contributed by atoms with E-state index in [0.717, 1.165) is 18.7 Å². The molecule has 0 radical (unpaired) electrons. The Hall–Kier alpha value is -1.35. The Morgan fingerprint density at radius 3 is 2.33 bits per heavy atom. The lowest BCUT2D eigenvalue weighted by Gasteiger charge is -2.25. The van der Waals surface area contributed by atoms with E-state index in [1.807, 2.05) is 0 Å². The van der Waals surface area contributed by atoms with Crippen LogP contribution in [0.3, 0.4) is 0 Å². The Bertz CT molecular complexity index is 548. The Labute approximate surface area is 125 Å². The van der Waals surface area contributed by atoms with Crippen LogP contribution >= 0.6 is 0 Å². The molecule has 21 heavy (non-hydrogen) atoms. The summed E-state index contributed by atoms with van der Waals surface area (Å²) in [5, 5.41) is 5.10. The molecular weight excluding hydrogens is 294 g/mol. The van der Waals surface area contributed by atoms with Gasteiger partial charge in [-0.25, -0.2) is 13.6 Å². The first-order valence-corrected chi connectivity index (χ1v) is 8.10. The van der Waals surface area contributed by atoms with E-state index in [0.29, 0.717) is 19.8 Å². The lowest BCUT2D eigenvalue weighted by atomic mass is 10.2. The molecule has 0 aliphatic heterocycles. The van der Waals surface area contributed by atoms with Crippen LogP contribution in [0.5, 0.6) is 0 Å². The number of sulfonamides is 1. The smallest absolute Gasteiger partial charge is 0.240 e. The molecule has 0 atom stereocenters. The zero-order chi connectivity index (χ0) is 15.9. The van der Waals surface area contributed by atoms with Gasteiger partial charge in [0.05, 0.1) is 12.3 Å². The molecule has 0 unspecified atom stereocenters. The normalized spacial score (nSPS) is 11.6. The fraction of sp³-hybridized carbons (Fsp3) is 0.538. The van der Waals surface area contributed by atoms with Crippen LogP contribution in [0.1, 0.15) is 6.42 Å². The fourth-order valence-corrected chi connectivity index (χ4v) is 2.61. The minimum atomic E-state index is -3.80. The number of hydrogen-bond donors (Lipinski definition) is 2. The van der Waals surface area contributed by atoms with Crippen LogP contribution in [0, 0.1) is 0 Å². The highest BCUT2D eigenvalue weighted by atomic mass is 32.2. The minimum absolute atomic E-state index is 0.0603. The van der Waals surface area contributed by atoms with Gasteiger partial charge in [-0.1, -0.05) is 0 Å². The van der Waals surface area contributed by atoms with Crippen molar-refractivity contribution in [1.82, 2.24) is 0 Å². The number of hydrogen-bond acceptors (Lipinski definition) is 6. The van der Waals surface area contributed by atoms with Gasteiger partial charge in [-0.05, 0) is 24.6 Å². The highest BCUT2D eigenvalue weighted by Gasteiger charge is 2.14. The van der Waals surface area contributed by atoms with Crippen LogP contribution < -0.4 is 15.8 Å². The molecule has 0 bridgehead atoms. The second-order valence-electron chi connectivity index (χ2n) is 4.59. The van der Waals surface area contributed by atoms with Gasteiger partial charge in [0.1, 0.15) is 4.90 Å². The number of nitrogen functional groups attached to an aromatic ring is 1. The Balaban J connectivity index is 2.93. The lowest BCUT2D eigenvalue weighted by Crippen LogP contribution is -2.29. The van der Waals surface area contributed by atoms with Gasteiger partial charge < -0.3 is 20.1 Å². The van der Waals surface area contributed by atoms with Crippen molar-refractivity contribution >= 4 is 21.4 Å². The van der Waals surface area contributed by atoms with Crippen LogP contribution in [0.2, 0.25) is 0 Å². The minimum Gasteiger partial charge on any atom is -0.398 e. The van der Waals surface area contributed by atoms with Crippen molar-refractivity contribution in [3.05, 3.63) is 18.2 Å². The van der Waals surface area contributed by atoms with Crippen molar-refractivity contribution in [2.24, 2.45) is 5.14 Å². The molecule has 0 saturated carbocycles. The first kappa shape index (κ1) is 17.7. The molecule has 0 aliphatic carbocycles. The van der Waals surface area contributed by atoms with Crippen molar-refractivity contribution in [2.75, 3.05) is 51.2 Å². The van der Waals surface area contributed by atoms with E-state index < -0.39 is 10.0 Å². The molecule has 1 aromatic rings. The summed E-state index contributed by atoms with van der Waals surface area (Å²) in [6.07, 6.45) is 0.844. The Morgan fingerprint density at radius 2 is 1.81 bits per heavy atom. The summed E-state index contributed by atoms with van der Waals surface area (Å²) in [6.45, 7) is 2.64. The molecule has 1 aromatic carbocycles. The molecule has 120 valence electrons. The maximum Gasteiger partial charge on any atom is 0.240 e. The van der Waals surface area contributed by atoms with E-state index in [9.17, 15) is 8.42 Å². The van der Waals surface area contributed by atoms with Crippen molar-refractivity contribution in [1.29, 1.82) is 0 Å². The highest BCUT2D eigenvalue weighted by molar-refractivity contribution is 7.89. The number of benzene rings is 1. The van der Waals surface area contributed by atoms with E-state index in [-0.39, 0.29) is 10.6 Å². The SMILES string of the molecule is COCCCN(CCOC)c1ccc(S(N)(=O)=O)c(N)c1. The molecule has 8 heteroatoms. The zero-order valence-electron chi connectivity index (χ0n) is 12.4. The highest BCUT2D eigenvalue weighted by Crippen LogP contribution is 2.24. The first-order valence-electron chi connectivity index (χ1n) is 6.55. The summed E-state index contributed by atoms with van der Waals surface area (Å²) < 4.78 is 32.9. The van der Waals surface area contributed by atoms with E-state index in [1.165, 1.54) is 6.07 Å². The van der Waals surface area contributed by atoms with E-state index in [2.05, 4.69) is 4.90 Å². The van der Waals surface area contributed by atoms with Crippen molar-refractivity contribution in [3.8, 4) is 0 Å². The molecule has 0 spiro atoms. The number of nitrogens with two attached hydrogens (primary N) is 2. The second-order valence-corrected chi connectivity index (χ2v) is 6.12. The quantitative estimate of drug-likeness (QED) is 0.504. The van der Waals surface area contributed by atoms with E-state index >= 15 is 0 Å². The molecule has 0 fully saturated rings. The summed E-state index contributed by atoms with van der Waals surface area (Å²) in [5.74, 6) is 0. The second kappa shape index (κ2) is 8.18. The summed E-state index contributed by atoms with van der Waals surface area (Å²) in [4.78, 5) is 2.00. The van der Waals surface area contributed by atoms with Gasteiger partial charge in [0.15, 0.2) is 0 Å². The number of methoxy groups -OCH3 is 2. The topological polar surface area (TPSA) is 108 Å². The van der Waals surface area contributed by atoms with Crippen LogP contribution in [-0.4, -0.2) is 48.9 Å². The van der Waals surface area contributed by atoms with Crippen molar-refractivity contribution in [3.63, 3.8) is 0 Å². The molecule has 0 heterocycles. The maximum absolute atomic E-state index is 11.4. The molecular formula is C13H23N3O4S. The summed E-state index contributed by atoms with van der Waals surface area (Å²) in [5.41, 5.74) is 6.76. The maximum atomic E-state index is 11.4. The van der Waals surface area contributed by atoms with Gasteiger partial charge in [0.2, 0.25) is 10.0 Å². The molecule has 4 N–H and O–H groups in total.